The third-order valence-electron chi connectivity index (χ3n) is 5.51. The number of carboxylic acid groups (broad SMARTS) is 1. The minimum atomic E-state index is -1.27. The Hall–Kier alpha value is -4.05. The molecule has 0 bridgehead atoms. The van der Waals surface area contributed by atoms with Gasteiger partial charge in [-0.25, -0.2) is 0 Å². The van der Waals surface area contributed by atoms with Crippen molar-refractivity contribution in [3.8, 4) is 23.1 Å². The van der Waals surface area contributed by atoms with Gasteiger partial charge in [0.05, 0.1) is 26.8 Å². The van der Waals surface area contributed by atoms with E-state index in [4.69, 9.17) is 15.6 Å². The smallest absolute Gasteiger partial charge is 0.303 e. The molecule has 0 radical (unpaired) electrons. The molecule has 2 aromatic carbocycles. The summed E-state index contributed by atoms with van der Waals surface area (Å²) >= 11 is 0. The molecule has 0 aliphatic rings. The van der Waals surface area contributed by atoms with Gasteiger partial charge in [-0.3, -0.25) is 9.59 Å². The van der Waals surface area contributed by atoms with Crippen LogP contribution in [0.25, 0.3) is 11.3 Å². The van der Waals surface area contributed by atoms with Gasteiger partial charge in [-0.05, 0) is 63.4 Å². The SMILES string of the molecule is [2H]C(c1ccccc1OCCCCCC(=O)O)N(C(=O)c1ccc(-c2ccco2)cc1)C(C)(C)C#N. The van der Waals surface area contributed by atoms with E-state index >= 15 is 0 Å². The molecule has 0 spiro atoms. The summed E-state index contributed by atoms with van der Waals surface area (Å²) in [4.78, 5) is 25.5. The van der Waals surface area contributed by atoms with E-state index in [2.05, 4.69) is 6.07 Å². The fraction of sp³-hybridized carbons (Fsp3) is 0.321. The maximum absolute atomic E-state index is 13.6. The number of aliphatic carboxylic acids is 1. The second-order valence-corrected chi connectivity index (χ2v) is 8.62. The normalized spacial score (nSPS) is 12.3. The summed E-state index contributed by atoms with van der Waals surface area (Å²) in [7, 11) is 0. The van der Waals surface area contributed by atoms with E-state index < -0.39 is 23.9 Å². The number of rotatable bonds is 12. The first-order valence-corrected chi connectivity index (χ1v) is 11.5. The predicted molar refractivity (Wildman–Crippen MR) is 132 cm³/mol. The largest absolute Gasteiger partial charge is 0.493 e. The Kier molecular flexibility index (Phi) is 8.18. The quantitative estimate of drug-likeness (QED) is 0.326. The zero-order valence-corrected chi connectivity index (χ0v) is 19.9. The van der Waals surface area contributed by atoms with Crippen molar-refractivity contribution < 1.29 is 25.2 Å². The molecule has 0 aliphatic carbocycles. The van der Waals surface area contributed by atoms with Gasteiger partial charge in [0.1, 0.15) is 17.0 Å². The van der Waals surface area contributed by atoms with Gasteiger partial charge in [0.15, 0.2) is 0 Å². The van der Waals surface area contributed by atoms with Gasteiger partial charge in [-0.2, -0.15) is 5.26 Å². The fourth-order valence-electron chi connectivity index (χ4n) is 3.48. The van der Waals surface area contributed by atoms with Crippen molar-refractivity contribution in [2.45, 2.75) is 51.6 Å². The van der Waals surface area contributed by atoms with Crippen LogP contribution < -0.4 is 4.74 Å². The number of hydrogen-bond donors (Lipinski definition) is 1. The van der Waals surface area contributed by atoms with Gasteiger partial charge in [0, 0.05) is 23.1 Å². The molecule has 7 nitrogen and oxygen atoms in total. The van der Waals surface area contributed by atoms with E-state index in [1.807, 2.05) is 6.07 Å². The van der Waals surface area contributed by atoms with E-state index in [1.165, 1.54) is 4.90 Å². The molecule has 1 heterocycles. The summed E-state index contributed by atoms with van der Waals surface area (Å²) in [5, 5.41) is 18.6. The lowest BCUT2D eigenvalue weighted by Gasteiger charge is -2.34. The highest BCUT2D eigenvalue weighted by Gasteiger charge is 2.32. The van der Waals surface area contributed by atoms with Crippen LogP contribution in [0.5, 0.6) is 5.75 Å². The molecular formula is C28H30N2O5. The molecule has 35 heavy (non-hydrogen) atoms. The van der Waals surface area contributed by atoms with E-state index in [0.717, 1.165) is 5.56 Å². The Balaban J connectivity index is 1.81. The van der Waals surface area contributed by atoms with Crippen molar-refractivity contribution in [3.05, 3.63) is 78.1 Å². The number of ether oxygens (including phenoxy) is 1. The molecular weight excluding hydrogens is 444 g/mol. The van der Waals surface area contributed by atoms with Crippen LogP contribution in [0.3, 0.4) is 0 Å². The fourth-order valence-corrected chi connectivity index (χ4v) is 3.48. The van der Waals surface area contributed by atoms with Crippen molar-refractivity contribution >= 4 is 11.9 Å². The molecule has 0 aliphatic heterocycles. The van der Waals surface area contributed by atoms with Gasteiger partial charge < -0.3 is 19.2 Å². The number of furan rings is 1. The van der Waals surface area contributed by atoms with Crippen molar-refractivity contribution in [1.82, 2.24) is 4.90 Å². The molecule has 1 N–H and O–H groups in total. The minimum Gasteiger partial charge on any atom is -0.493 e. The van der Waals surface area contributed by atoms with Gasteiger partial charge in [-0.15, -0.1) is 0 Å². The van der Waals surface area contributed by atoms with Crippen molar-refractivity contribution in [2.75, 3.05) is 6.61 Å². The number of carboxylic acids is 1. The van der Waals surface area contributed by atoms with E-state index in [9.17, 15) is 14.9 Å². The number of carbonyl (C=O) groups excluding carboxylic acids is 1. The van der Waals surface area contributed by atoms with Crippen LogP contribution in [0.15, 0.2) is 71.3 Å². The highest BCUT2D eigenvalue weighted by molar-refractivity contribution is 5.95. The number of nitrogens with zero attached hydrogens (tertiary/aromatic N) is 2. The molecule has 0 saturated carbocycles. The van der Waals surface area contributed by atoms with Crippen molar-refractivity contribution in [3.63, 3.8) is 0 Å². The maximum atomic E-state index is 13.6. The standard InChI is InChI=1S/C28H30N2O5/c1-28(2,20-29)30(27(33)22-15-13-21(14-16-22)24-11-8-18-35-24)19-23-9-5-6-10-25(23)34-17-7-3-4-12-26(31)32/h5-6,8-11,13-16,18H,3-4,7,12,17,19H2,1-2H3,(H,31,32)/i19D. The van der Waals surface area contributed by atoms with E-state index in [1.54, 1.807) is 74.7 Å². The van der Waals surface area contributed by atoms with E-state index in [0.29, 0.717) is 48.5 Å². The molecule has 1 amide bonds. The van der Waals surface area contributed by atoms with Crippen LogP contribution >= 0.6 is 0 Å². The third kappa shape index (κ3) is 6.97. The van der Waals surface area contributed by atoms with Crippen LogP contribution in [0.1, 0.15) is 56.8 Å². The Labute approximate surface area is 207 Å². The zero-order valence-electron chi connectivity index (χ0n) is 20.9. The van der Waals surface area contributed by atoms with Gasteiger partial charge >= 0.3 is 5.97 Å². The monoisotopic (exact) mass is 475 g/mol. The number of para-hydroxylation sites is 1. The molecule has 0 saturated heterocycles. The lowest BCUT2D eigenvalue weighted by molar-refractivity contribution is -0.137. The molecule has 1 unspecified atom stereocenters. The first-order valence-electron chi connectivity index (χ1n) is 12.1. The second-order valence-electron chi connectivity index (χ2n) is 8.62. The second kappa shape index (κ2) is 11.9. The maximum Gasteiger partial charge on any atom is 0.303 e. The Morgan fingerprint density at radius 3 is 2.49 bits per heavy atom. The average molecular weight is 476 g/mol. The molecule has 1 aromatic heterocycles. The van der Waals surface area contributed by atoms with Crippen molar-refractivity contribution in [1.29, 1.82) is 5.26 Å². The predicted octanol–water partition coefficient (Wildman–Crippen LogP) is 5.91. The first-order chi connectivity index (χ1) is 17.2. The van der Waals surface area contributed by atoms with Crippen LogP contribution in [0.4, 0.5) is 0 Å². The number of amides is 1. The minimum absolute atomic E-state index is 0.119. The highest BCUT2D eigenvalue weighted by Crippen LogP contribution is 2.27. The van der Waals surface area contributed by atoms with Crippen LogP contribution in [0.2, 0.25) is 0 Å². The topological polar surface area (TPSA) is 104 Å². The van der Waals surface area contributed by atoms with Crippen molar-refractivity contribution in [2.24, 2.45) is 0 Å². The zero-order chi connectivity index (χ0) is 26.1. The Morgan fingerprint density at radius 2 is 1.83 bits per heavy atom. The summed E-state index contributed by atoms with van der Waals surface area (Å²) in [5.41, 5.74) is 0.356. The number of nitriles is 1. The molecule has 1 atom stereocenters. The van der Waals surface area contributed by atoms with Crippen LogP contribution in [-0.2, 0) is 11.3 Å². The molecule has 182 valence electrons. The number of unbranched alkanes of at least 4 members (excludes halogenated alkanes) is 2. The number of hydrogen-bond acceptors (Lipinski definition) is 5. The Morgan fingerprint density at radius 1 is 1.09 bits per heavy atom. The van der Waals surface area contributed by atoms with Crippen LogP contribution in [0, 0.1) is 11.3 Å². The number of carbonyl (C=O) groups is 2. The molecule has 3 aromatic rings. The van der Waals surface area contributed by atoms with Gasteiger partial charge in [-0.1, -0.05) is 30.3 Å². The summed E-state index contributed by atoms with van der Waals surface area (Å²) in [6.07, 6.45) is 3.64. The summed E-state index contributed by atoms with van der Waals surface area (Å²) < 4.78 is 20.3. The Bertz CT molecular complexity index is 1200. The molecule has 0 fully saturated rings. The third-order valence-corrected chi connectivity index (χ3v) is 5.51. The lowest BCUT2D eigenvalue weighted by atomic mass is 10.0. The summed E-state index contributed by atoms with van der Waals surface area (Å²) in [6.45, 7) is 2.37. The van der Waals surface area contributed by atoms with Gasteiger partial charge in [0.2, 0.25) is 0 Å². The van der Waals surface area contributed by atoms with Crippen LogP contribution in [-0.4, -0.2) is 34.0 Å². The summed E-state index contributed by atoms with van der Waals surface area (Å²) in [5.74, 6) is -0.138. The number of benzene rings is 2. The van der Waals surface area contributed by atoms with Gasteiger partial charge in [0.25, 0.3) is 5.91 Å². The lowest BCUT2D eigenvalue weighted by Crippen LogP contribution is -2.46. The summed E-state index contributed by atoms with van der Waals surface area (Å²) in [6, 6.07) is 19.6. The molecule has 7 heteroatoms. The molecule has 3 rings (SSSR count). The highest BCUT2D eigenvalue weighted by atomic mass is 16.5. The average Bonchev–Trinajstić information content (AvgIpc) is 3.41. The van der Waals surface area contributed by atoms with E-state index in [-0.39, 0.29) is 6.42 Å². The first kappa shape index (κ1) is 24.1.